The van der Waals surface area contributed by atoms with Gasteiger partial charge in [0.05, 0.1) is 34.2 Å². The quantitative estimate of drug-likeness (QED) is 0.138. The molecule has 12 heteroatoms. The van der Waals surface area contributed by atoms with Crippen LogP contribution >= 0.6 is 0 Å². The molecule has 0 saturated heterocycles. The molecule has 0 radical (unpaired) electrons. The normalized spacial score (nSPS) is 22.1. The molecule has 2 saturated carbocycles. The van der Waals surface area contributed by atoms with E-state index < -0.39 is 13.1 Å². The van der Waals surface area contributed by atoms with E-state index in [0.717, 1.165) is 45.5 Å². The summed E-state index contributed by atoms with van der Waals surface area (Å²) in [6.07, 6.45) is 11.5. The molecule has 6 unspecified atom stereocenters. The number of rotatable bonds is 9. The highest BCUT2D eigenvalue weighted by molar-refractivity contribution is 5.73. The minimum Gasteiger partial charge on any atom is -0.473 e. The van der Waals surface area contributed by atoms with Crippen molar-refractivity contribution in [1.82, 2.24) is 0 Å². The van der Waals surface area contributed by atoms with E-state index in [1.807, 2.05) is 70.2 Å². The second-order valence-electron chi connectivity index (χ2n) is 28.9. The molecule has 6 heterocycles. The summed E-state index contributed by atoms with van der Waals surface area (Å²) in [5.74, 6) is 7.46. The fraction of sp³-hybridized carbons (Fsp3) is 0.413. The van der Waals surface area contributed by atoms with Gasteiger partial charge in [-0.1, -0.05) is 172 Å². The first kappa shape index (κ1) is 72.9. The van der Waals surface area contributed by atoms with Crippen LogP contribution in [0.2, 0.25) is 0 Å². The van der Waals surface area contributed by atoms with E-state index in [1.54, 1.807) is 11.8 Å². The minimum atomic E-state index is -2.18. The highest BCUT2D eigenvalue weighted by atomic mass is 16.5. The van der Waals surface area contributed by atoms with E-state index in [0.29, 0.717) is 17.6 Å². The van der Waals surface area contributed by atoms with Crippen molar-refractivity contribution in [3.63, 3.8) is 0 Å². The van der Waals surface area contributed by atoms with Gasteiger partial charge in [0.2, 0.25) is 0 Å². The molecule has 552 valence electrons. The van der Waals surface area contributed by atoms with Crippen molar-refractivity contribution >= 4 is 39.9 Å². The van der Waals surface area contributed by atoms with Crippen LogP contribution in [0.4, 0.5) is 34.1 Å². The van der Waals surface area contributed by atoms with E-state index in [4.69, 9.17) is 32.5 Å². The number of nitrogens with zero attached hydrogens (tertiary/aromatic N) is 6. The standard InChI is InChI=1S/C18H25NO.C18H19NO.C17H23NO.3C13H17NO/c2*1-13-9-7-8-12-17(13)19-14(2)18(20-15(19)3)16-10-5-4-6-11-16;1-12-8-4-7-11-16(12)18-13(2)17(19-14(18)3)15-9-5-6-10-15;3*1-9-7-5-6-8-13(9)14-10(2)11(3)15-12(14)4/h7-9,12,15-16H,4-6,10-11H2,1-3H3;4-12,15H,1-3H3;4,7-8,11,14-15H,5-6,9-10H2,1-3H3;3*5-8,12H,1-4H3/i;;;4D3;;. The molecule has 104 heavy (non-hydrogen) atoms. The number of ether oxygens (including phenoxy) is 6. The average molecular weight is 1410 g/mol. The Morgan fingerprint density at radius 2 is 0.500 bits per heavy atom. The van der Waals surface area contributed by atoms with Crippen molar-refractivity contribution in [3.05, 3.63) is 278 Å². The third kappa shape index (κ3) is 17.3. The maximum Gasteiger partial charge on any atom is 0.173 e. The lowest BCUT2D eigenvalue weighted by atomic mass is 9.87. The summed E-state index contributed by atoms with van der Waals surface area (Å²) in [4.78, 5) is 13.2. The molecule has 6 atom stereocenters. The molecule has 7 aromatic carbocycles. The van der Waals surface area contributed by atoms with Crippen molar-refractivity contribution in [1.29, 1.82) is 0 Å². The van der Waals surface area contributed by atoms with E-state index >= 15 is 0 Å². The number of benzene rings is 7. The molecule has 0 amide bonds. The van der Waals surface area contributed by atoms with E-state index in [1.165, 1.54) is 148 Å². The molecule has 8 aliphatic rings. The van der Waals surface area contributed by atoms with Crippen LogP contribution in [0, 0.1) is 53.4 Å². The largest absolute Gasteiger partial charge is 0.473 e. The fourth-order valence-corrected chi connectivity index (χ4v) is 15.8. The Morgan fingerprint density at radius 3 is 0.798 bits per heavy atom. The van der Waals surface area contributed by atoms with Gasteiger partial charge in [-0.05, 0) is 241 Å². The first-order chi connectivity index (χ1) is 51.1. The predicted molar refractivity (Wildman–Crippen MR) is 433 cm³/mol. The molecule has 0 spiro atoms. The highest BCUT2D eigenvalue weighted by Crippen LogP contribution is 2.45. The zero-order valence-corrected chi connectivity index (χ0v) is 65.9. The van der Waals surface area contributed by atoms with Crippen LogP contribution in [-0.4, -0.2) is 37.4 Å². The summed E-state index contributed by atoms with van der Waals surface area (Å²) in [6.45, 7) is 39.5. The van der Waals surface area contributed by atoms with Crippen LogP contribution in [-0.2, 0) is 28.4 Å². The Bertz CT molecular complexity index is 4330. The summed E-state index contributed by atoms with van der Waals surface area (Å²) in [6, 6.07) is 60.4. The van der Waals surface area contributed by atoms with Gasteiger partial charge in [0, 0.05) is 55.6 Å². The Hall–Kier alpha value is -9.42. The van der Waals surface area contributed by atoms with E-state index in [-0.39, 0.29) is 31.1 Å². The fourth-order valence-electron chi connectivity index (χ4n) is 15.8. The van der Waals surface area contributed by atoms with Crippen molar-refractivity contribution in [2.45, 2.75) is 240 Å². The van der Waals surface area contributed by atoms with Crippen LogP contribution in [0.5, 0.6) is 0 Å². The second-order valence-corrected chi connectivity index (χ2v) is 28.9. The summed E-state index contributed by atoms with van der Waals surface area (Å²) < 4.78 is 58.2. The molecule has 2 fully saturated rings. The summed E-state index contributed by atoms with van der Waals surface area (Å²) in [5.41, 5.74) is 22.8. The van der Waals surface area contributed by atoms with Crippen molar-refractivity contribution < 1.29 is 32.5 Å². The number of para-hydroxylation sites is 6. The highest BCUT2D eigenvalue weighted by Gasteiger charge is 2.37. The number of aryl methyl sites for hydroxylation is 6. The molecule has 7 aromatic rings. The Balaban J connectivity index is 0.000000138. The third-order valence-corrected chi connectivity index (χ3v) is 21.6. The topological polar surface area (TPSA) is 74.8 Å². The lowest BCUT2D eigenvalue weighted by Gasteiger charge is -2.25. The molecule has 2 aliphatic carbocycles. The maximum absolute atomic E-state index is 7.60. The van der Waals surface area contributed by atoms with E-state index in [9.17, 15) is 0 Å². The monoisotopic (exact) mass is 1410 g/mol. The molecule has 0 bridgehead atoms. The molecular formula is C92H118N6O6. The van der Waals surface area contributed by atoms with Crippen LogP contribution in [0.3, 0.4) is 0 Å². The Labute approximate surface area is 628 Å². The van der Waals surface area contributed by atoms with Crippen LogP contribution in [0.1, 0.15) is 205 Å². The number of hydrogen-bond acceptors (Lipinski definition) is 12. The van der Waals surface area contributed by atoms with Gasteiger partial charge in [-0.2, -0.15) is 0 Å². The number of anilines is 6. The molecule has 15 rings (SSSR count). The van der Waals surface area contributed by atoms with E-state index in [2.05, 4.69) is 262 Å². The lowest BCUT2D eigenvalue weighted by Crippen LogP contribution is -2.27. The molecule has 0 N–H and O–H groups in total. The lowest BCUT2D eigenvalue weighted by molar-refractivity contribution is 0.124. The third-order valence-electron chi connectivity index (χ3n) is 21.6. The maximum atomic E-state index is 7.60. The summed E-state index contributed by atoms with van der Waals surface area (Å²) in [7, 11) is 0. The first-order valence-electron chi connectivity index (χ1n) is 39.4. The molecular weight excluding hydrogens is 1290 g/mol. The van der Waals surface area contributed by atoms with Gasteiger partial charge in [0.1, 0.15) is 34.6 Å². The number of allylic oxidation sites excluding steroid dienone is 11. The molecule has 6 aliphatic heterocycles. The summed E-state index contributed by atoms with van der Waals surface area (Å²) in [5, 5.41) is 0. The minimum absolute atomic E-state index is 0.0197. The first-order valence-corrected chi connectivity index (χ1v) is 37.9. The van der Waals surface area contributed by atoms with Gasteiger partial charge in [-0.25, -0.2) is 0 Å². The van der Waals surface area contributed by atoms with Crippen molar-refractivity contribution in [2.24, 2.45) is 11.8 Å². The Morgan fingerprint density at radius 1 is 0.260 bits per heavy atom. The van der Waals surface area contributed by atoms with Crippen LogP contribution in [0.25, 0.3) is 5.76 Å². The van der Waals surface area contributed by atoms with Crippen molar-refractivity contribution in [3.8, 4) is 0 Å². The zero-order valence-electron chi connectivity index (χ0n) is 68.9. The smallest absolute Gasteiger partial charge is 0.173 e. The Kier molecular flexibility index (Phi) is 24.5. The van der Waals surface area contributed by atoms with Gasteiger partial charge in [0.25, 0.3) is 0 Å². The van der Waals surface area contributed by atoms with Gasteiger partial charge in [0.15, 0.2) is 37.4 Å². The van der Waals surface area contributed by atoms with Gasteiger partial charge in [-0.3, -0.25) is 0 Å². The SMILES string of the molecule is CC1=C(C)N(c2ccccc2C)C(C)O1.CC1=C(C)N(c2ccccc2C)C(C)O1.CC1=C(C2CCCC2)OC(C)N1c1ccccc1C.CC1=C(C2CCCCC2)OC(C)N1c1ccccc1C.CC1=C(c2ccccc2)OC(C)N1c1ccccc1C.[2H]C([2H])([2H])C1OC(C)=C(C)N1c1ccccc1C. The summed E-state index contributed by atoms with van der Waals surface area (Å²) >= 11 is 0. The second kappa shape index (κ2) is 34.9. The average Bonchev–Trinajstić information content (AvgIpc) is 1.68. The number of hydrogen-bond donors (Lipinski definition) is 0. The zero-order chi connectivity index (χ0) is 77.1. The van der Waals surface area contributed by atoms with Gasteiger partial charge in [-0.15, -0.1) is 0 Å². The van der Waals surface area contributed by atoms with Gasteiger partial charge < -0.3 is 57.8 Å². The van der Waals surface area contributed by atoms with Crippen LogP contribution < -0.4 is 29.4 Å². The van der Waals surface area contributed by atoms with Gasteiger partial charge >= 0.3 is 0 Å². The molecule has 12 nitrogen and oxygen atoms in total. The predicted octanol–water partition coefficient (Wildman–Crippen LogP) is 24.4. The van der Waals surface area contributed by atoms with Crippen molar-refractivity contribution in [2.75, 3.05) is 29.4 Å². The van der Waals surface area contributed by atoms with Crippen LogP contribution in [0.15, 0.2) is 239 Å². The molecule has 0 aromatic heterocycles.